The summed E-state index contributed by atoms with van der Waals surface area (Å²) in [5.41, 5.74) is -1.17. The first-order valence-electron chi connectivity index (χ1n) is 4.94. The highest BCUT2D eigenvalue weighted by molar-refractivity contribution is 4.79. The van der Waals surface area contributed by atoms with E-state index in [9.17, 15) is 15.2 Å². The van der Waals surface area contributed by atoms with Gasteiger partial charge in [0.15, 0.2) is 0 Å². The minimum atomic E-state index is -1.17. The molecule has 0 fully saturated rings. The fourth-order valence-corrected chi connectivity index (χ4v) is 1.66. The third-order valence-electron chi connectivity index (χ3n) is 2.27. The van der Waals surface area contributed by atoms with Crippen LogP contribution in [-0.2, 0) is 0 Å². The number of aliphatic hydroxyl groups excluding tert-OH is 2. The van der Waals surface area contributed by atoms with Crippen LogP contribution in [0.25, 0.3) is 0 Å². The number of likely N-dealkylation sites (N-methyl/N-ethyl adjacent to an activating group) is 1. The van der Waals surface area contributed by atoms with Gasteiger partial charge in [-0.25, -0.2) is 0 Å². The van der Waals surface area contributed by atoms with E-state index in [0.29, 0.717) is 6.54 Å². The predicted octanol–water partition coefficient (Wildman–Crippen LogP) is -0.283. The molecule has 0 aliphatic rings. The Morgan fingerprint density at radius 1 is 1.60 bits per heavy atom. The van der Waals surface area contributed by atoms with Gasteiger partial charge in [0.25, 0.3) is 0 Å². The van der Waals surface area contributed by atoms with Crippen LogP contribution in [0.2, 0.25) is 0 Å². The van der Waals surface area contributed by atoms with Gasteiger partial charge >= 0.3 is 0 Å². The van der Waals surface area contributed by atoms with Crippen molar-refractivity contribution in [2.24, 2.45) is 0 Å². The van der Waals surface area contributed by atoms with Gasteiger partial charge in [-0.1, -0.05) is 0 Å². The molecule has 0 rings (SSSR count). The molecule has 0 aliphatic carbocycles. The largest absolute Gasteiger partial charge is 0.395 e. The zero-order valence-corrected chi connectivity index (χ0v) is 9.51. The van der Waals surface area contributed by atoms with Gasteiger partial charge in [0.05, 0.1) is 19.3 Å². The summed E-state index contributed by atoms with van der Waals surface area (Å²) in [5.74, 6) is 0. The molecule has 0 spiro atoms. The van der Waals surface area contributed by atoms with Gasteiger partial charge in [-0.15, -0.1) is 0 Å². The highest BCUT2D eigenvalue weighted by atomic mass is 16.6. The Morgan fingerprint density at radius 2 is 2.13 bits per heavy atom. The lowest BCUT2D eigenvalue weighted by molar-refractivity contribution is -0.568. The molecule has 0 bridgehead atoms. The normalized spacial score (nSPS) is 17.5. The van der Waals surface area contributed by atoms with E-state index >= 15 is 0 Å². The van der Waals surface area contributed by atoms with E-state index in [0.717, 1.165) is 0 Å². The molecule has 0 heterocycles. The quantitative estimate of drug-likeness (QED) is 0.455. The van der Waals surface area contributed by atoms with E-state index in [2.05, 4.69) is 0 Å². The second kappa shape index (κ2) is 5.99. The maximum atomic E-state index is 10.9. The Kier molecular flexibility index (Phi) is 5.71. The van der Waals surface area contributed by atoms with Crippen molar-refractivity contribution in [1.82, 2.24) is 4.90 Å². The van der Waals surface area contributed by atoms with Crippen molar-refractivity contribution in [2.75, 3.05) is 26.7 Å². The number of nitro groups is 1. The average molecular weight is 220 g/mol. The monoisotopic (exact) mass is 220 g/mol. The molecule has 0 saturated heterocycles. The molecular formula is C9H20N2O4. The van der Waals surface area contributed by atoms with E-state index in [4.69, 9.17) is 5.11 Å². The van der Waals surface area contributed by atoms with Crippen molar-refractivity contribution < 1.29 is 15.1 Å². The van der Waals surface area contributed by atoms with Gasteiger partial charge in [0, 0.05) is 24.8 Å². The summed E-state index contributed by atoms with van der Waals surface area (Å²) in [7, 11) is 1.71. The summed E-state index contributed by atoms with van der Waals surface area (Å²) < 4.78 is 0. The van der Waals surface area contributed by atoms with Gasteiger partial charge in [-0.2, -0.15) is 0 Å². The van der Waals surface area contributed by atoms with Crippen LogP contribution in [0.1, 0.15) is 20.3 Å². The average Bonchev–Trinajstić information content (AvgIpc) is 2.01. The Bertz CT molecular complexity index is 210. The summed E-state index contributed by atoms with van der Waals surface area (Å²) in [6.45, 7) is 3.62. The topological polar surface area (TPSA) is 86.8 Å². The number of hydrogen-bond donors (Lipinski definition) is 2. The summed E-state index contributed by atoms with van der Waals surface area (Å²) in [6, 6.07) is 0. The van der Waals surface area contributed by atoms with Crippen LogP contribution in [-0.4, -0.2) is 58.4 Å². The maximum absolute atomic E-state index is 10.9. The van der Waals surface area contributed by atoms with Crippen molar-refractivity contribution in [2.45, 2.75) is 31.9 Å². The molecule has 0 aromatic heterocycles. The number of rotatable bonds is 7. The van der Waals surface area contributed by atoms with E-state index in [1.165, 1.54) is 13.8 Å². The summed E-state index contributed by atoms with van der Waals surface area (Å²) in [6.07, 6.45) is -0.599. The first-order valence-corrected chi connectivity index (χ1v) is 4.94. The first-order chi connectivity index (χ1) is 6.81. The predicted molar refractivity (Wildman–Crippen MR) is 56.3 cm³/mol. The highest BCUT2D eigenvalue weighted by Gasteiger charge is 2.39. The molecule has 0 saturated carbocycles. The van der Waals surface area contributed by atoms with Crippen LogP contribution >= 0.6 is 0 Å². The molecule has 6 nitrogen and oxygen atoms in total. The van der Waals surface area contributed by atoms with Gasteiger partial charge in [0.1, 0.15) is 0 Å². The van der Waals surface area contributed by atoms with E-state index in [-0.39, 0.29) is 24.5 Å². The lowest BCUT2D eigenvalue weighted by atomic mass is 9.95. The Labute approximate surface area is 89.7 Å². The van der Waals surface area contributed by atoms with E-state index in [1.807, 2.05) is 0 Å². The standard InChI is InChI=1S/C9H20N2O4/c1-8(13)6-9(2,11(14)15)7-10(3)4-5-12/h8,12-13H,4-7H2,1-3H3. The van der Waals surface area contributed by atoms with E-state index < -0.39 is 11.6 Å². The van der Waals surface area contributed by atoms with Crippen LogP contribution in [0, 0.1) is 10.1 Å². The van der Waals surface area contributed by atoms with Crippen LogP contribution in [0.5, 0.6) is 0 Å². The molecule has 2 N–H and O–H groups in total. The van der Waals surface area contributed by atoms with Crippen molar-refractivity contribution >= 4 is 0 Å². The Morgan fingerprint density at radius 3 is 2.47 bits per heavy atom. The molecule has 2 unspecified atom stereocenters. The number of hydrogen-bond acceptors (Lipinski definition) is 5. The SMILES string of the molecule is CC(O)CC(C)(CN(C)CCO)[N+](=O)[O-]. The zero-order valence-electron chi connectivity index (χ0n) is 9.51. The van der Waals surface area contributed by atoms with Gasteiger partial charge in [-0.05, 0) is 14.0 Å². The minimum Gasteiger partial charge on any atom is -0.395 e. The van der Waals surface area contributed by atoms with Crippen molar-refractivity contribution in [3.63, 3.8) is 0 Å². The van der Waals surface area contributed by atoms with Gasteiger partial charge in [0.2, 0.25) is 5.54 Å². The van der Waals surface area contributed by atoms with Crippen LogP contribution in [0.15, 0.2) is 0 Å². The summed E-state index contributed by atoms with van der Waals surface area (Å²) in [5, 5.41) is 28.8. The second-order valence-electron chi connectivity index (χ2n) is 4.27. The smallest absolute Gasteiger partial charge is 0.234 e. The van der Waals surface area contributed by atoms with Crippen molar-refractivity contribution in [1.29, 1.82) is 0 Å². The maximum Gasteiger partial charge on any atom is 0.234 e. The van der Waals surface area contributed by atoms with Gasteiger partial charge in [-0.3, -0.25) is 15.0 Å². The highest BCUT2D eigenvalue weighted by Crippen LogP contribution is 2.18. The molecule has 2 atom stereocenters. The minimum absolute atomic E-state index is 0.0288. The Balaban J connectivity index is 4.44. The lowest BCUT2D eigenvalue weighted by Gasteiger charge is -2.27. The fourth-order valence-electron chi connectivity index (χ4n) is 1.66. The molecule has 15 heavy (non-hydrogen) atoms. The molecule has 0 aliphatic heterocycles. The van der Waals surface area contributed by atoms with Crippen LogP contribution in [0.3, 0.4) is 0 Å². The third kappa shape index (κ3) is 5.06. The molecule has 0 amide bonds. The number of nitrogens with zero attached hydrogens (tertiary/aromatic N) is 2. The lowest BCUT2D eigenvalue weighted by Crippen LogP contribution is -2.47. The second-order valence-corrected chi connectivity index (χ2v) is 4.27. The first kappa shape index (κ1) is 14.3. The fraction of sp³-hybridized carbons (Fsp3) is 1.00. The number of aliphatic hydroxyl groups is 2. The third-order valence-corrected chi connectivity index (χ3v) is 2.27. The molecule has 0 radical (unpaired) electrons. The van der Waals surface area contributed by atoms with Gasteiger partial charge < -0.3 is 10.2 Å². The summed E-state index contributed by atoms with van der Waals surface area (Å²) in [4.78, 5) is 12.2. The van der Waals surface area contributed by atoms with Crippen molar-refractivity contribution in [3.8, 4) is 0 Å². The molecule has 90 valence electrons. The Hall–Kier alpha value is -0.720. The molecule has 0 aromatic carbocycles. The zero-order chi connectivity index (χ0) is 12.1. The molecule has 6 heteroatoms. The molecule has 0 aromatic rings. The summed E-state index contributed by atoms with van der Waals surface area (Å²) >= 11 is 0. The van der Waals surface area contributed by atoms with E-state index in [1.54, 1.807) is 11.9 Å². The van der Waals surface area contributed by atoms with Crippen LogP contribution in [0.4, 0.5) is 0 Å². The van der Waals surface area contributed by atoms with Crippen molar-refractivity contribution in [3.05, 3.63) is 10.1 Å². The van der Waals surface area contributed by atoms with Crippen LogP contribution < -0.4 is 0 Å². The molecular weight excluding hydrogens is 200 g/mol.